The monoisotopic (exact) mass is 234 g/mol. The topological polar surface area (TPSA) is 40.5 Å². The van der Waals surface area contributed by atoms with Crippen molar-refractivity contribution >= 4 is 16.6 Å². The van der Waals surface area contributed by atoms with E-state index in [0.29, 0.717) is 0 Å². The highest BCUT2D eigenvalue weighted by Crippen LogP contribution is 2.33. The second kappa shape index (κ2) is 5.44. The number of unbranched alkanes of at least 4 members (excludes halogenated alkanes) is 2. The van der Waals surface area contributed by atoms with Crippen molar-refractivity contribution in [1.82, 2.24) is 0 Å². The van der Waals surface area contributed by atoms with E-state index in [2.05, 4.69) is 6.92 Å². The summed E-state index contributed by atoms with van der Waals surface area (Å²) in [6.07, 6.45) is 4.58. The summed E-state index contributed by atoms with van der Waals surface area (Å²) in [5, 5.41) is 0.224. The fourth-order valence-electron chi connectivity index (χ4n) is 2.17. The predicted octanol–water partition coefficient (Wildman–Crippen LogP) is 2.87. The van der Waals surface area contributed by atoms with Gasteiger partial charge in [-0.05, 0) is 31.4 Å². The molecule has 0 unspecified atom stereocenters. The molecule has 4 heteroatoms. The van der Waals surface area contributed by atoms with Gasteiger partial charge in [0, 0.05) is 0 Å². The Morgan fingerprint density at radius 3 is 1.64 bits per heavy atom. The van der Waals surface area contributed by atoms with E-state index in [1.807, 2.05) is 26.2 Å². The lowest BCUT2D eigenvalue weighted by atomic mass is 10.2. The molecule has 0 aromatic rings. The fourth-order valence-corrected chi connectivity index (χ4v) is 10.9. The molecule has 0 radical (unpaired) electrons. The third-order valence-corrected chi connectivity index (χ3v) is 11.0. The van der Waals surface area contributed by atoms with Crippen LogP contribution in [-0.2, 0) is 0 Å². The van der Waals surface area contributed by atoms with Crippen molar-refractivity contribution in [1.29, 1.82) is 0 Å². The maximum Gasteiger partial charge on any atom is 0.185 e. The lowest BCUT2D eigenvalue weighted by Gasteiger charge is -2.34. The average molecular weight is 234 g/mol. The normalized spacial score (nSPS) is 13.7. The van der Waals surface area contributed by atoms with Gasteiger partial charge in [-0.25, -0.2) is 0 Å². The Morgan fingerprint density at radius 1 is 0.929 bits per heavy atom. The average Bonchev–Trinajstić information content (AvgIpc) is 1.92. The molecule has 2 N–H and O–H groups in total. The Hall–Kier alpha value is 0.354. The lowest BCUT2D eigenvalue weighted by Crippen LogP contribution is -2.48. The second-order valence-electron chi connectivity index (χ2n) is 5.36. The molecule has 0 atom stereocenters. The van der Waals surface area contributed by atoms with Crippen LogP contribution in [0, 0.1) is 0 Å². The van der Waals surface area contributed by atoms with Gasteiger partial charge in [-0.15, -0.1) is 0 Å². The first kappa shape index (κ1) is 14.4. The van der Waals surface area contributed by atoms with Crippen LogP contribution in [0.5, 0.6) is 0 Å². The van der Waals surface area contributed by atoms with E-state index < -0.39 is 16.6 Å². The van der Waals surface area contributed by atoms with E-state index in [1.54, 1.807) is 0 Å². The van der Waals surface area contributed by atoms with Crippen molar-refractivity contribution in [3.63, 3.8) is 0 Å². The molecule has 0 rings (SSSR count). The highest BCUT2D eigenvalue weighted by Gasteiger charge is 2.41. The Balaban J connectivity index is 4.28. The maximum absolute atomic E-state index is 10.1. The van der Waals surface area contributed by atoms with Gasteiger partial charge in [0.2, 0.25) is 0 Å². The first-order chi connectivity index (χ1) is 6.19. The Kier molecular flexibility index (Phi) is 5.58. The summed E-state index contributed by atoms with van der Waals surface area (Å²) in [4.78, 5) is 20.3. The molecular formula is C10H26O2Si2. The van der Waals surface area contributed by atoms with Crippen LogP contribution < -0.4 is 0 Å². The fraction of sp³-hybridized carbons (Fsp3) is 1.00. The van der Waals surface area contributed by atoms with E-state index in [1.165, 1.54) is 12.8 Å². The van der Waals surface area contributed by atoms with E-state index in [4.69, 9.17) is 0 Å². The SMILES string of the molecule is CCCCCC([Si](C)(C)O)[Si](C)(C)O. The smallest absolute Gasteiger partial charge is 0.185 e. The molecule has 0 aliphatic carbocycles. The summed E-state index contributed by atoms with van der Waals surface area (Å²) in [6, 6.07) is 0. The molecule has 0 aromatic heterocycles. The van der Waals surface area contributed by atoms with Crippen LogP contribution in [0.15, 0.2) is 0 Å². The van der Waals surface area contributed by atoms with Crippen LogP contribution in [0.25, 0.3) is 0 Å². The van der Waals surface area contributed by atoms with Gasteiger partial charge in [0.15, 0.2) is 16.6 Å². The molecule has 0 bridgehead atoms. The number of rotatable bonds is 6. The summed E-state index contributed by atoms with van der Waals surface area (Å²) in [7, 11) is -4.32. The van der Waals surface area contributed by atoms with Crippen LogP contribution in [-0.4, -0.2) is 26.2 Å². The summed E-state index contributed by atoms with van der Waals surface area (Å²) in [6.45, 7) is 9.99. The van der Waals surface area contributed by atoms with Crippen LogP contribution in [0.3, 0.4) is 0 Å². The maximum atomic E-state index is 10.1. The molecular weight excluding hydrogens is 208 g/mol. The van der Waals surface area contributed by atoms with Gasteiger partial charge in [0.1, 0.15) is 0 Å². The summed E-state index contributed by atoms with van der Waals surface area (Å²) < 4.78 is 0. The molecule has 0 heterocycles. The molecule has 86 valence electrons. The summed E-state index contributed by atoms with van der Waals surface area (Å²) in [5.74, 6) is 0. The van der Waals surface area contributed by atoms with Crippen molar-refractivity contribution in [3.8, 4) is 0 Å². The van der Waals surface area contributed by atoms with Gasteiger partial charge >= 0.3 is 0 Å². The highest BCUT2D eigenvalue weighted by atomic mass is 28.4. The van der Waals surface area contributed by atoms with Gasteiger partial charge in [-0.1, -0.05) is 32.6 Å². The van der Waals surface area contributed by atoms with Crippen LogP contribution in [0.1, 0.15) is 32.6 Å². The first-order valence-electron chi connectivity index (χ1n) is 5.64. The van der Waals surface area contributed by atoms with E-state index in [9.17, 15) is 9.59 Å². The van der Waals surface area contributed by atoms with Gasteiger partial charge in [0.05, 0.1) is 0 Å². The Bertz CT molecular complexity index is 144. The quantitative estimate of drug-likeness (QED) is 0.548. The number of hydrogen-bond acceptors (Lipinski definition) is 2. The third-order valence-electron chi connectivity index (χ3n) is 2.80. The molecule has 0 fully saturated rings. The van der Waals surface area contributed by atoms with Crippen LogP contribution >= 0.6 is 0 Å². The first-order valence-corrected chi connectivity index (χ1v) is 11.7. The van der Waals surface area contributed by atoms with Crippen LogP contribution in [0.2, 0.25) is 31.4 Å². The minimum atomic E-state index is -2.16. The van der Waals surface area contributed by atoms with E-state index in [-0.39, 0.29) is 5.16 Å². The molecule has 0 aliphatic heterocycles. The molecule has 2 nitrogen and oxygen atoms in total. The summed E-state index contributed by atoms with van der Waals surface area (Å²) in [5.41, 5.74) is 0. The molecule has 0 aliphatic rings. The minimum absolute atomic E-state index is 0.224. The molecule has 0 saturated heterocycles. The molecule has 0 aromatic carbocycles. The number of hydrogen-bond donors (Lipinski definition) is 2. The van der Waals surface area contributed by atoms with Gasteiger partial charge < -0.3 is 9.59 Å². The largest absolute Gasteiger partial charge is 0.432 e. The molecule has 0 saturated carbocycles. The van der Waals surface area contributed by atoms with Gasteiger partial charge in [0.25, 0.3) is 0 Å². The highest BCUT2D eigenvalue weighted by molar-refractivity contribution is 6.90. The van der Waals surface area contributed by atoms with Crippen LogP contribution in [0.4, 0.5) is 0 Å². The minimum Gasteiger partial charge on any atom is -0.432 e. The third kappa shape index (κ3) is 5.29. The van der Waals surface area contributed by atoms with Gasteiger partial charge in [-0.3, -0.25) is 0 Å². The second-order valence-corrected chi connectivity index (χ2v) is 13.9. The van der Waals surface area contributed by atoms with E-state index >= 15 is 0 Å². The standard InChI is InChI=1S/C10H26O2Si2/c1-6-7-8-9-10(13(2,3)11)14(4,5)12/h10-12H,6-9H2,1-5H3. The van der Waals surface area contributed by atoms with Gasteiger partial charge in [-0.2, -0.15) is 0 Å². The zero-order chi connectivity index (χ0) is 11.4. The summed E-state index contributed by atoms with van der Waals surface area (Å²) >= 11 is 0. The van der Waals surface area contributed by atoms with Crippen molar-refractivity contribution in [3.05, 3.63) is 0 Å². The Morgan fingerprint density at radius 2 is 1.36 bits per heavy atom. The van der Waals surface area contributed by atoms with Crippen molar-refractivity contribution in [2.45, 2.75) is 64.0 Å². The van der Waals surface area contributed by atoms with E-state index in [0.717, 1.165) is 12.8 Å². The zero-order valence-electron chi connectivity index (χ0n) is 10.3. The molecule has 0 spiro atoms. The Labute approximate surface area is 90.6 Å². The zero-order valence-corrected chi connectivity index (χ0v) is 12.3. The van der Waals surface area contributed by atoms with Crippen molar-refractivity contribution in [2.75, 3.05) is 0 Å². The van der Waals surface area contributed by atoms with Crippen molar-refractivity contribution < 1.29 is 9.59 Å². The van der Waals surface area contributed by atoms with Crippen molar-refractivity contribution in [2.24, 2.45) is 0 Å². The molecule has 0 amide bonds. The molecule has 14 heavy (non-hydrogen) atoms. The lowest BCUT2D eigenvalue weighted by molar-refractivity contribution is 0.485. The predicted molar refractivity (Wildman–Crippen MR) is 67.3 cm³/mol.